The standard InChI is InChI=1S/C22H23N3O5S2/c1-15-5-4-6-19(13-15)24-32(29,30)21-10-7-16(2)22(14-21)25-31(27,28)20-11-8-18(9-12-20)23-17(3)26/h4-14,24-25H,1-3H3,(H,23,26). The van der Waals surface area contributed by atoms with Crippen LogP contribution in [0.25, 0.3) is 0 Å². The van der Waals surface area contributed by atoms with E-state index in [-0.39, 0.29) is 21.4 Å². The van der Waals surface area contributed by atoms with Gasteiger partial charge < -0.3 is 5.32 Å². The van der Waals surface area contributed by atoms with Crippen molar-refractivity contribution in [1.82, 2.24) is 0 Å². The number of anilines is 3. The van der Waals surface area contributed by atoms with Crippen molar-refractivity contribution in [3.05, 3.63) is 77.9 Å². The SMILES string of the molecule is CC(=O)Nc1ccc(S(=O)(=O)Nc2cc(S(=O)(=O)Nc3cccc(C)c3)ccc2C)cc1. The molecule has 1 amide bonds. The molecule has 32 heavy (non-hydrogen) atoms. The number of rotatable bonds is 7. The first-order chi connectivity index (χ1) is 15.0. The second-order valence-corrected chi connectivity index (χ2v) is 10.6. The van der Waals surface area contributed by atoms with Gasteiger partial charge in [-0.1, -0.05) is 18.2 Å². The molecule has 3 aromatic rings. The number of hydrogen-bond donors (Lipinski definition) is 3. The van der Waals surface area contributed by atoms with Crippen molar-refractivity contribution in [2.45, 2.75) is 30.6 Å². The van der Waals surface area contributed by atoms with E-state index in [1.807, 2.05) is 13.0 Å². The molecule has 8 nitrogen and oxygen atoms in total. The van der Waals surface area contributed by atoms with Crippen molar-refractivity contribution >= 4 is 43.0 Å². The Morgan fingerprint density at radius 3 is 1.97 bits per heavy atom. The molecule has 168 valence electrons. The largest absolute Gasteiger partial charge is 0.326 e. The summed E-state index contributed by atoms with van der Waals surface area (Å²) in [4.78, 5) is 11.0. The smallest absolute Gasteiger partial charge is 0.261 e. The van der Waals surface area contributed by atoms with Crippen molar-refractivity contribution in [2.24, 2.45) is 0 Å². The van der Waals surface area contributed by atoms with Gasteiger partial charge in [0.15, 0.2) is 0 Å². The Labute approximate surface area is 187 Å². The molecule has 0 unspecified atom stereocenters. The second kappa shape index (κ2) is 9.01. The molecular weight excluding hydrogens is 450 g/mol. The van der Waals surface area contributed by atoms with Crippen LogP contribution in [0.5, 0.6) is 0 Å². The van der Waals surface area contributed by atoms with Crippen LogP contribution in [-0.2, 0) is 24.8 Å². The third-order valence-corrected chi connectivity index (χ3v) is 7.28. The van der Waals surface area contributed by atoms with Gasteiger partial charge in [-0.05, 0) is 73.5 Å². The monoisotopic (exact) mass is 473 g/mol. The molecule has 0 heterocycles. The molecule has 0 spiro atoms. The van der Waals surface area contributed by atoms with Crippen LogP contribution >= 0.6 is 0 Å². The van der Waals surface area contributed by atoms with Gasteiger partial charge in [0.05, 0.1) is 15.5 Å². The Balaban J connectivity index is 1.87. The summed E-state index contributed by atoms with van der Waals surface area (Å²) in [5.74, 6) is -0.272. The molecule has 0 aromatic heterocycles. The lowest BCUT2D eigenvalue weighted by Crippen LogP contribution is -2.16. The van der Waals surface area contributed by atoms with Crippen LogP contribution in [-0.4, -0.2) is 22.7 Å². The van der Waals surface area contributed by atoms with E-state index < -0.39 is 20.0 Å². The van der Waals surface area contributed by atoms with Crippen molar-refractivity contribution in [1.29, 1.82) is 0 Å². The molecule has 0 fully saturated rings. The zero-order valence-electron chi connectivity index (χ0n) is 17.7. The number of aryl methyl sites for hydroxylation is 2. The minimum Gasteiger partial charge on any atom is -0.326 e. The van der Waals surface area contributed by atoms with Crippen LogP contribution < -0.4 is 14.8 Å². The molecule has 0 radical (unpaired) electrons. The normalized spacial score (nSPS) is 11.6. The van der Waals surface area contributed by atoms with E-state index in [1.165, 1.54) is 49.4 Å². The maximum Gasteiger partial charge on any atom is 0.261 e. The Kier molecular flexibility index (Phi) is 6.56. The van der Waals surface area contributed by atoms with E-state index in [0.717, 1.165) is 5.56 Å². The van der Waals surface area contributed by atoms with E-state index in [2.05, 4.69) is 14.8 Å². The van der Waals surface area contributed by atoms with Gasteiger partial charge in [0.1, 0.15) is 0 Å². The predicted octanol–water partition coefficient (Wildman–Crippen LogP) is 3.86. The van der Waals surface area contributed by atoms with Crippen LogP contribution in [0.15, 0.2) is 76.5 Å². The van der Waals surface area contributed by atoms with Gasteiger partial charge in [-0.15, -0.1) is 0 Å². The second-order valence-electron chi connectivity index (χ2n) is 7.26. The predicted molar refractivity (Wildman–Crippen MR) is 125 cm³/mol. The molecule has 0 aliphatic heterocycles. The Morgan fingerprint density at radius 2 is 1.34 bits per heavy atom. The van der Waals surface area contributed by atoms with E-state index in [9.17, 15) is 21.6 Å². The lowest BCUT2D eigenvalue weighted by Gasteiger charge is -2.14. The molecule has 0 saturated carbocycles. The zero-order valence-corrected chi connectivity index (χ0v) is 19.3. The average molecular weight is 474 g/mol. The maximum absolute atomic E-state index is 12.8. The summed E-state index contributed by atoms with van der Waals surface area (Å²) in [5, 5.41) is 2.56. The van der Waals surface area contributed by atoms with E-state index in [1.54, 1.807) is 25.1 Å². The minimum absolute atomic E-state index is 0.0304. The van der Waals surface area contributed by atoms with Gasteiger partial charge in [0.2, 0.25) is 5.91 Å². The highest BCUT2D eigenvalue weighted by molar-refractivity contribution is 7.93. The molecule has 3 aromatic carbocycles. The zero-order chi connectivity index (χ0) is 23.5. The fourth-order valence-electron chi connectivity index (χ4n) is 2.93. The van der Waals surface area contributed by atoms with Gasteiger partial charge in [0.25, 0.3) is 20.0 Å². The highest BCUT2D eigenvalue weighted by Gasteiger charge is 2.19. The molecule has 0 atom stereocenters. The fraction of sp³-hybridized carbons (Fsp3) is 0.136. The summed E-state index contributed by atoms with van der Waals surface area (Å²) in [6, 6.07) is 16.8. The maximum atomic E-state index is 12.8. The van der Waals surface area contributed by atoms with Gasteiger partial charge in [-0.2, -0.15) is 0 Å². The lowest BCUT2D eigenvalue weighted by atomic mass is 10.2. The first kappa shape index (κ1) is 23.3. The van der Waals surface area contributed by atoms with Gasteiger partial charge >= 0.3 is 0 Å². The summed E-state index contributed by atoms with van der Waals surface area (Å²) in [7, 11) is -7.92. The number of amides is 1. The highest BCUT2D eigenvalue weighted by Crippen LogP contribution is 2.25. The molecule has 3 N–H and O–H groups in total. The molecule has 0 aliphatic rings. The lowest BCUT2D eigenvalue weighted by molar-refractivity contribution is -0.114. The van der Waals surface area contributed by atoms with Crippen molar-refractivity contribution in [3.63, 3.8) is 0 Å². The molecule has 3 rings (SSSR count). The van der Waals surface area contributed by atoms with Gasteiger partial charge in [-0.3, -0.25) is 14.2 Å². The number of nitrogens with one attached hydrogen (secondary N) is 3. The van der Waals surface area contributed by atoms with E-state index in [4.69, 9.17) is 0 Å². The summed E-state index contributed by atoms with van der Waals surface area (Å²) >= 11 is 0. The van der Waals surface area contributed by atoms with E-state index in [0.29, 0.717) is 16.9 Å². The molecule has 0 aliphatic carbocycles. The van der Waals surface area contributed by atoms with Crippen LogP contribution in [0, 0.1) is 13.8 Å². The van der Waals surface area contributed by atoms with Crippen molar-refractivity contribution in [2.75, 3.05) is 14.8 Å². The van der Waals surface area contributed by atoms with E-state index >= 15 is 0 Å². The summed E-state index contributed by atoms with van der Waals surface area (Å²) < 4.78 is 56.2. The summed E-state index contributed by atoms with van der Waals surface area (Å²) in [6.07, 6.45) is 0. The van der Waals surface area contributed by atoms with Gasteiger partial charge in [0, 0.05) is 18.3 Å². The van der Waals surface area contributed by atoms with Crippen LogP contribution in [0.1, 0.15) is 18.1 Å². The molecule has 0 bridgehead atoms. The highest BCUT2D eigenvalue weighted by atomic mass is 32.2. The molecular formula is C22H23N3O5S2. The third-order valence-electron chi connectivity index (χ3n) is 4.52. The van der Waals surface area contributed by atoms with Crippen LogP contribution in [0.4, 0.5) is 17.1 Å². The number of benzene rings is 3. The number of carbonyl (C=O) groups excluding carboxylic acids is 1. The quantitative estimate of drug-likeness (QED) is 0.481. The number of hydrogen-bond acceptors (Lipinski definition) is 5. The summed E-state index contributed by atoms with van der Waals surface area (Å²) in [6.45, 7) is 4.87. The van der Waals surface area contributed by atoms with Crippen molar-refractivity contribution < 1.29 is 21.6 Å². The van der Waals surface area contributed by atoms with Crippen LogP contribution in [0.3, 0.4) is 0 Å². The minimum atomic E-state index is -3.99. The summed E-state index contributed by atoms with van der Waals surface area (Å²) in [5.41, 5.74) is 2.46. The molecule has 10 heteroatoms. The third kappa shape index (κ3) is 5.65. The van der Waals surface area contributed by atoms with Crippen LogP contribution in [0.2, 0.25) is 0 Å². The Morgan fingerprint density at radius 1 is 0.719 bits per heavy atom. The fourth-order valence-corrected chi connectivity index (χ4v) is 5.12. The Bertz CT molecular complexity index is 1370. The topological polar surface area (TPSA) is 121 Å². The first-order valence-electron chi connectivity index (χ1n) is 9.57. The molecule has 0 saturated heterocycles. The van der Waals surface area contributed by atoms with Crippen molar-refractivity contribution in [3.8, 4) is 0 Å². The average Bonchev–Trinajstić information content (AvgIpc) is 2.69. The number of carbonyl (C=O) groups is 1. The first-order valence-corrected chi connectivity index (χ1v) is 12.5. The van der Waals surface area contributed by atoms with Gasteiger partial charge in [-0.25, -0.2) is 16.8 Å². The Hall–Kier alpha value is -3.37. The number of sulfonamides is 2.